The number of carbonyl (C=O) groups is 1. The molecule has 0 aliphatic heterocycles. The Kier molecular flexibility index (Phi) is 4.26. The average Bonchev–Trinajstić information content (AvgIpc) is 2.85. The van der Waals surface area contributed by atoms with E-state index in [4.69, 9.17) is 10.00 Å². The van der Waals surface area contributed by atoms with Crippen molar-refractivity contribution in [2.45, 2.75) is 12.8 Å². The third kappa shape index (κ3) is 3.39. The Labute approximate surface area is 115 Å². The minimum atomic E-state index is -0.845. The second-order valence-corrected chi connectivity index (χ2v) is 4.85. The number of thiazole rings is 1. The summed E-state index contributed by atoms with van der Waals surface area (Å²) in [5, 5.41) is 11.5. The molecule has 5 heteroatoms. The van der Waals surface area contributed by atoms with Gasteiger partial charge in [-0.2, -0.15) is 5.26 Å². The molecule has 1 aromatic carbocycles. The summed E-state index contributed by atoms with van der Waals surface area (Å²) in [4.78, 5) is 16.2. The molecule has 1 aromatic heterocycles. The SMILES string of the molecule is Cc1csc([C@H](C#N)C(=O)COc2ccccc2)n1. The maximum absolute atomic E-state index is 12.0. The third-order valence-corrected chi connectivity index (χ3v) is 3.49. The Bertz CT molecular complexity index is 601. The standard InChI is InChI=1S/C14H12N2O2S/c1-10-9-19-14(16-10)12(7-15)13(17)8-18-11-5-3-2-4-6-11/h2-6,9,12H,8H2,1H3/t12-/m1/s1. The van der Waals surface area contributed by atoms with E-state index in [1.54, 1.807) is 12.1 Å². The van der Waals surface area contributed by atoms with Crippen molar-refractivity contribution in [3.63, 3.8) is 0 Å². The molecule has 4 nitrogen and oxygen atoms in total. The average molecular weight is 272 g/mol. The first kappa shape index (κ1) is 13.2. The van der Waals surface area contributed by atoms with Crippen LogP contribution in [0.5, 0.6) is 5.75 Å². The number of hydrogen-bond acceptors (Lipinski definition) is 5. The summed E-state index contributed by atoms with van der Waals surface area (Å²) in [6.07, 6.45) is 0. The smallest absolute Gasteiger partial charge is 0.194 e. The zero-order valence-electron chi connectivity index (χ0n) is 10.4. The third-order valence-electron chi connectivity index (χ3n) is 2.46. The molecule has 1 heterocycles. The highest BCUT2D eigenvalue weighted by Gasteiger charge is 2.23. The molecule has 0 amide bonds. The fraction of sp³-hybridized carbons (Fsp3) is 0.214. The Morgan fingerprint density at radius 2 is 2.21 bits per heavy atom. The molecule has 0 unspecified atom stereocenters. The molecule has 0 N–H and O–H groups in total. The van der Waals surface area contributed by atoms with Crippen LogP contribution >= 0.6 is 11.3 Å². The number of ketones is 1. The van der Waals surface area contributed by atoms with Crippen LogP contribution in [0.2, 0.25) is 0 Å². The molecule has 0 radical (unpaired) electrons. The van der Waals surface area contributed by atoms with Crippen molar-refractivity contribution in [3.05, 3.63) is 46.4 Å². The predicted molar refractivity (Wildman–Crippen MR) is 72.1 cm³/mol. The number of rotatable bonds is 5. The minimum absolute atomic E-state index is 0.124. The normalized spacial score (nSPS) is 11.6. The number of ether oxygens (including phenoxy) is 1. The fourth-order valence-corrected chi connectivity index (χ4v) is 2.39. The molecule has 0 saturated carbocycles. The molecule has 2 rings (SSSR count). The number of aryl methyl sites for hydroxylation is 1. The maximum atomic E-state index is 12.0. The van der Waals surface area contributed by atoms with Gasteiger partial charge in [0.15, 0.2) is 11.7 Å². The summed E-state index contributed by atoms with van der Waals surface area (Å²) < 4.78 is 5.36. The molecule has 96 valence electrons. The molecule has 19 heavy (non-hydrogen) atoms. The minimum Gasteiger partial charge on any atom is -0.486 e. The summed E-state index contributed by atoms with van der Waals surface area (Å²) in [6, 6.07) is 11.0. The lowest BCUT2D eigenvalue weighted by molar-refractivity contribution is -0.121. The number of carbonyl (C=O) groups excluding carboxylic acids is 1. The van der Waals surface area contributed by atoms with Crippen LogP contribution < -0.4 is 4.74 Å². The van der Waals surface area contributed by atoms with E-state index in [9.17, 15) is 4.79 Å². The highest BCUT2D eigenvalue weighted by Crippen LogP contribution is 2.21. The van der Waals surface area contributed by atoms with Crippen molar-refractivity contribution in [3.8, 4) is 11.8 Å². The number of hydrogen-bond donors (Lipinski definition) is 0. The Morgan fingerprint density at radius 1 is 1.47 bits per heavy atom. The first-order valence-electron chi connectivity index (χ1n) is 5.73. The van der Waals surface area contributed by atoms with Crippen molar-refractivity contribution in [2.24, 2.45) is 0 Å². The van der Waals surface area contributed by atoms with E-state index >= 15 is 0 Å². The molecule has 0 aliphatic carbocycles. The van der Waals surface area contributed by atoms with Crippen molar-refractivity contribution in [2.75, 3.05) is 6.61 Å². The molecule has 2 aromatic rings. The van der Waals surface area contributed by atoms with Gasteiger partial charge in [-0.25, -0.2) is 4.98 Å². The van der Waals surface area contributed by atoms with Gasteiger partial charge in [0.05, 0.1) is 6.07 Å². The largest absolute Gasteiger partial charge is 0.486 e. The van der Waals surface area contributed by atoms with Gasteiger partial charge in [-0.1, -0.05) is 18.2 Å². The van der Waals surface area contributed by atoms with Crippen LogP contribution in [0.4, 0.5) is 0 Å². The van der Waals surface area contributed by atoms with E-state index in [0.717, 1.165) is 5.69 Å². The first-order valence-corrected chi connectivity index (χ1v) is 6.61. The summed E-state index contributed by atoms with van der Waals surface area (Å²) in [7, 11) is 0. The summed E-state index contributed by atoms with van der Waals surface area (Å²) >= 11 is 1.32. The van der Waals surface area contributed by atoms with Crippen LogP contribution in [0.1, 0.15) is 16.6 Å². The van der Waals surface area contributed by atoms with Crippen LogP contribution in [0, 0.1) is 18.3 Å². The molecule has 0 bridgehead atoms. The summed E-state index contributed by atoms with van der Waals surface area (Å²) in [6.45, 7) is 1.71. The number of para-hydroxylation sites is 1. The van der Waals surface area contributed by atoms with Crippen LogP contribution in [0.3, 0.4) is 0 Å². The number of aromatic nitrogens is 1. The number of nitriles is 1. The number of Topliss-reactive ketones (excluding diaryl/α,β-unsaturated/α-hetero) is 1. The van der Waals surface area contributed by atoms with Gasteiger partial charge in [0.25, 0.3) is 0 Å². The summed E-state index contributed by atoms with van der Waals surface area (Å²) in [5.41, 5.74) is 0.817. The van der Waals surface area contributed by atoms with Crippen LogP contribution in [0.25, 0.3) is 0 Å². The fourth-order valence-electron chi connectivity index (χ4n) is 1.52. The quantitative estimate of drug-likeness (QED) is 0.839. The van der Waals surface area contributed by atoms with Gasteiger partial charge in [-0.05, 0) is 19.1 Å². The Balaban J connectivity index is 2.00. The highest BCUT2D eigenvalue weighted by atomic mass is 32.1. The van der Waals surface area contributed by atoms with Gasteiger partial charge in [0.2, 0.25) is 0 Å². The van der Waals surface area contributed by atoms with Gasteiger partial charge in [0.1, 0.15) is 17.4 Å². The molecule has 0 fully saturated rings. The van der Waals surface area contributed by atoms with Gasteiger partial charge in [0, 0.05) is 11.1 Å². The van der Waals surface area contributed by atoms with Gasteiger partial charge in [-0.3, -0.25) is 4.79 Å². The van der Waals surface area contributed by atoms with Gasteiger partial charge >= 0.3 is 0 Å². The number of benzene rings is 1. The van der Waals surface area contributed by atoms with Crippen LogP contribution in [0.15, 0.2) is 35.7 Å². The lowest BCUT2D eigenvalue weighted by Crippen LogP contribution is -2.19. The van der Waals surface area contributed by atoms with E-state index < -0.39 is 5.92 Å². The molecular weight excluding hydrogens is 260 g/mol. The topological polar surface area (TPSA) is 63.0 Å². The monoisotopic (exact) mass is 272 g/mol. The molecule has 0 saturated heterocycles. The van der Waals surface area contributed by atoms with Crippen LogP contribution in [-0.2, 0) is 4.79 Å². The molecule has 0 aliphatic rings. The lowest BCUT2D eigenvalue weighted by Gasteiger charge is -2.07. The molecule has 1 atom stereocenters. The van der Waals surface area contributed by atoms with E-state index in [1.807, 2.05) is 36.6 Å². The second-order valence-electron chi connectivity index (χ2n) is 3.96. The maximum Gasteiger partial charge on any atom is 0.194 e. The van der Waals surface area contributed by atoms with Gasteiger partial charge in [-0.15, -0.1) is 11.3 Å². The van der Waals surface area contributed by atoms with E-state index in [1.165, 1.54) is 11.3 Å². The number of nitrogens with zero attached hydrogens (tertiary/aromatic N) is 2. The van der Waals surface area contributed by atoms with Crippen LogP contribution in [-0.4, -0.2) is 17.4 Å². The van der Waals surface area contributed by atoms with Crippen molar-refractivity contribution >= 4 is 17.1 Å². The zero-order chi connectivity index (χ0) is 13.7. The van der Waals surface area contributed by atoms with Crippen molar-refractivity contribution in [1.29, 1.82) is 5.26 Å². The first-order chi connectivity index (χ1) is 9.20. The van der Waals surface area contributed by atoms with E-state index in [2.05, 4.69) is 4.98 Å². The van der Waals surface area contributed by atoms with Crippen molar-refractivity contribution in [1.82, 2.24) is 4.98 Å². The summed E-state index contributed by atoms with van der Waals surface area (Å²) in [5.74, 6) is -0.508. The lowest BCUT2D eigenvalue weighted by atomic mass is 10.1. The predicted octanol–water partition coefficient (Wildman–Crippen LogP) is 2.71. The molecular formula is C14H12N2O2S. The zero-order valence-corrected chi connectivity index (χ0v) is 11.2. The highest BCUT2D eigenvalue weighted by molar-refractivity contribution is 7.09. The molecule has 0 spiro atoms. The second kappa shape index (κ2) is 6.12. The Hall–Kier alpha value is -2.19. The van der Waals surface area contributed by atoms with Gasteiger partial charge < -0.3 is 4.74 Å². The van der Waals surface area contributed by atoms with Crippen molar-refractivity contribution < 1.29 is 9.53 Å². The van der Waals surface area contributed by atoms with E-state index in [0.29, 0.717) is 10.8 Å². The van der Waals surface area contributed by atoms with E-state index in [-0.39, 0.29) is 12.4 Å². The Morgan fingerprint density at radius 3 is 2.79 bits per heavy atom.